The second kappa shape index (κ2) is 22.6. The molecule has 3 aromatic carbocycles. The number of primary amides is 1. The predicted molar refractivity (Wildman–Crippen MR) is 216 cm³/mol. The highest BCUT2D eigenvalue weighted by Crippen LogP contribution is 2.44. The van der Waals surface area contributed by atoms with Crippen LogP contribution in [-0.4, -0.2) is 68.6 Å². The Kier molecular flexibility index (Phi) is 17.3. The number of ether oxygens (including phenoxy) is 2. The number of urea groups is 1. The summed E-state index contributed by atoms with van der Waals surface area (Å²) in [4.78, 5) is 75.2. The maximum Gasteiger partial charge on any atom is 0.421 e. The highest BCUT2D eigenvalue weighted by atomic mass is 16.6. The summed E-state index contributed by atoms with van der Waals surface area (Å²) in [6.07, 6.45) is 1.52. The molecule has 8 N–H and O–H groups in total. The third kappa shape index (κ3) is 13.9. The van der Waals surface area contributed by atoms with Gasteiger partial charge in [-0.2, -0.15) is 0 Å². The van der Waals surface area contributed by atoms with E-state index < -0.39 is 30.2 Å². The number of carbonyl (C=O) groups is 6. The number of carbonyl (C=O) groups excluding carboxylic acids is 6. The minimum absolute atomic E-state index is 0.0201. The van der Waals surface area contributed by atoms with Crippen LogP contribution in [0.1, 0.15) is 81.4 Å². The van der Waals surface area contributed by atoms with E-state index in [1.54, 1.807) is 24.3 Å². The number of amides is 6. The maximum atomic E-state index is 13.6. The van der Waals surface area contributed by atoms with Crippen LogP contribution >= 0.6 is 0 Å². The molecular formula is C42H55N7O8. The van der Waals surface area contributed by atoms with Gasteiger partial charge in [0.1, 0.15) is 13.2 Å². The number of ketones is 1. The number of nitrogens with one attached hydrogen (secondary N) is 6. The lowest BCUT2D eigenvalue weighted by Crippen LogP contribution is -2.45. The number of fused-ring (bicyclic) bond motifs is 3. The fraction of sp³-hybridized carbons (Fsp3) is 0.429. The maximum absolute atomic E-state index is 13.6. The largest absolute Gasteiger partial charge is 0.449 e. The van der Waals surface area contributed by atoms with E-state index in [9.17, 15) is 28.8 Å². The number of benzene rings is 3. The smallest absolute Gasteiger partial charge is 0.421 e. The van der Waals surface area contributed by atoms with Crippen LogP contribution in [0, 0.1) is 11.8 Å². The number of rotatable bonds is 22. The average molecular weight is 786 g/mol. The van der Waals surface area contributed by atoms with Crippen LogP contribution in [0.4, 0.5) is 20.1 Å². The van der Waals surface area contributed by atoms with Crippen molar-refractivity contribution in [3.8, 4) is 11.1 Å². The van der Waals surface area contributed by atoms with Gasteiger partial charge in [0.25, 0.3) is 0 Å². The van der Waals surface area contributed by atoms with Crippen LogP contribution in [-0.2, 0) is 30.5 Å². The van der Waals surface area contributed by atoms with Gasteiger partial charge in [-0.15, -0.1) is 0 Å². The van der Waals surface area contributed by atoms with Gasteiger partial charge in [0.05, 0.1) is 6.04 Å². The van der Waals surface area contributed by atoms with Crippen LogP contribution in [0.15, 0.2) is 72.8 Å². The zero-order valence-corrected chi connectivity index (χ0v) is 32.9. The number of nitrogens with two attached hydrogens (primary N) is 1. The average Bonchev–Trinajstić information content (AvgIpc) is 3.51. The van der Waals surface area contributed by atoms with Gasteiger partial charge in [-0.1, -0.05) is 80.9 Å². The van der Waals surface area contributed by atoms with Gasteiger partial charge in [-0.05, 0) is 71.6 Å². The summed E-state index contributed by atoms with van der Waals surface area (Å²) >= 11 is 0. The molecule has 6 amide bonds. The summed E-state index contributed by atoms with van der Waals surface area (Å²) < 4.78 is 10.7. The van der Waals surface area contributed by atoms with Crippen LogP contribution in [0.2, 0.25) is 0 Å². The van der Waals surface area contributed by atoms with Crippen molar-refractivity contribution in [1.82, 2.24) is 26.8 Å². The molecule has 57 heavy (non-hydrogen) atoms. The molecule has 1 aliphatic rings. The minimum Gasteiger partial charge on any atom is -0.449 e. The summed E-state index contributed by atoms with van der Waals surface area (Å²) in [7, 11) is 1.54. The van der Waals surface area contributed by atoms with Crippen LogP contribution < -0.4 is 37.9 Å². The second-order valence-electron chi connectivity index (χ2n) is 14.3. The van der Waals surface area contributed by atoms with Gasteiger partial charge >= 0.3 is 18.2 Å². The molecule has 0 fully saturated rings. The van der Waals surface area contributed by atoms with Gasteiger partial charge in [-0.3, -0.25) is 19.8 Å². The van der Waals surface area contributed by atoms with E-state index in [1.165, 1.54) is 7.05 Å². The SMILES string of the molecule is CNNC(=O)OCc1ccc(NC(=O)[C@H](CCCNC(N)=O)CC(=O)[C@@H](NC(=O)CCCCCNC(=O)OCC2c3ccccc3-c3ccccc32)C(C)C)cc1. The van der Waals surface area contributed by atoms with Crippen molar-refractivity contribution in [3.05, 3.63) is 89.5 Å². The van der Waals surface area contributed by atoms with Crippen molar-refractivity contribution in [1.29, 1.82) is 0 Å². The van der Waals surface area contributed by atoms with E-state index in [2.05, 4.69) is 56.4 Å². The van der Waals surface area contributed by atoms with Gasteiger partial charge in [-0.25, -0.2) is 19.8 Å². The number of unbranched alkanes of at least 4 members (excludes halogenated alkanes) is 2. The molecule has 0 unspecified atom stereocenters. The monoisotopic (exact) mass is 785 g/mol. The zero-order chi connectivity index (χ0) is 41.2. The Morgan fingerprint density at radius 3 is 2.04 bits per heavy atom. The summed E-state index contributed by atoms with van der Waals surface area (Å²) in [6.45, 7) is 4.55. The Morgan fingerprint density at radius 1 is 0.754 bits per heavy atom. The number of anilines is 1. The van der Waals surface area contributed by atoms with Crippen LogP contribution in [0.25, 0.3) is 11.1 Å². The van der Waals surface area contributed by atoms with E-state index >= 15 is 0 Å². The Labute approximate surface area is 333 Å². The summed E-state index contributed by atoms with van der Waals surface area (Å²) in [6, 6.07) is 21.5. The molecule has 0 aromatic heterocycles. The highest BCUT2D eigenvalue weighted by molar-refractivity contribution is 5.97. The van der Waals surface area contributed by atoms with Gasteiger partial charge in [0.15, 0.2) is 5.78 Å². The molecule has 0 heterocycles. The first-order chi connectivity index (χ1) is 27.5. The molecule has 3 aromatic rings. The molecule has 15 heteroatoms. The third-order valence-electron chi connectivity index (χ3n) is 9.69. The van der Waals surface area contributed by atoms with E-state index in [1.807, 2.05) is 38.1 Å². The number of hydrogen-bond acceptors (Lipinski definition) is 9. The van der Waals surface area contributed by atoms with Gasteiger partial charge in [0.2, 0.25) is 11.8 Å². The first-order valence-corrected chi connectivity index (χ1v) is 19.4. The normalized spacial score (nSPS) is 12.7. The summed E-state index contributed by atoms with van der Waals surface area (Å²) in [5.41, 5.74) is 15.8. The van der Waals surface area contributed by atoms with E-state index in [-0.39, 0.29) is 68.5 Å². The number of Topliss-reactive ketones (excluding diaryl/α,β-unsaturated/α-hetero) is 1. The standard InChI is InChI=1S/C42H55N7O8/c1-27(2)38(36(50)24-29(12-11-23-45-40(43)53)39(52)47-30-20-18-28(19-21-30)25-56-42(55)49-44-3)48-37(51)17-5-4-10-22-46-41(54)57-26-35-33-15-8-6-13-31(33)32-14-7-9-16-34(32)35/h6-9,13-16,18-21,27,29,35,38,44H,4-5,10-12,17,22-26H2,1-3H3,(H,46,54)(H,47,52)(H,48,51)(H,49,55)(H3,43,45,53)/t29-,38+/m1/s1. The first kappa shape index (κ1) is 43.8. The van der Waals surface area contributed by atoms with E-state index in [0.29, 0.717) is 43.5 Å². The molecule has 4 rings (SSSR count). The number of alkyl carbamates (subject to hydrolysis) is 1. The van der Waals surface area contributed by atoms with Crippen molar-refractivity contribution in [2.24, 2.45) is 17.6 Å². The molecule has 0 radical (unpaired) electrons. The molecule has 15 nitrogen and oxygen atoms in total. The van der Waals surface area contributed by atoms with Crippen molar-refractivity contribution >= 4 is 41.5 Å². The fourth-order valence-corrected chi connectivity index (χ4v) is 6.76. The van der Waals surface area contributed by atoms with Crippen molar-refractivity contribution in [3.63, 3.8) is 0 Å². The van der Waals surface area contributed by atoms with Gasteiger partial charge in [0, 0.05) is 50.5 Å². The quantitative estimate of drug-likeness (QED) is 0.0522. The third-order valence-corrected chi connectivity index (χ3v) is 9.69. The lowest BCUT2D eigenvalue weighted by atomic mass is 9.89. The molecule has 2 atom stereocenters. The van der Waals surface area contributed by atoms with Crippen LogP contribution in [0.3, 0.4) is 0 Å². The Bertz CT molecular complexity index is 1790. The molecule has 0 saturated carbocycles. The summed E-state index contributed by atoms with van der Waals surface area (Å²) in [5, 5.41) is 11.0. The van der Waals surface area contributed by atoms with E-state index in [4.69, 9.17) is 15.2 Å². The molecule has 0 bridgehead atoms. The molecule has 0 aliphatic heterocycles. The van der Waals surface area contributed by atoms with Crippen molar-refractivity contribution < 1.29 is 38.2 Å². The highest BCUT2D eigenvalue weighted by Gasteiger charge is 2.30. The van der Waals surface area contributed by atoms with Crippen LogP contribution in [0.5, 0.6) is 0 Å². The predicted octanol–water partition coefficient (Wildman–Crippen LogP) is 5.25. The number of hydrogen-bond donors (Lipinski definition) is 7. The van der Waals surface area contributed by atoms with Crippen molar-refractivity contribution in [2.75, 3.05) is 32.1 Å². The lowest BCUT2D eigenvalue weighted by Gasteiger charge is -2.24. The lowest BCUT2D eigenvalue weighted by molar-refractivity contribution is -0.131. The van der Waals surface area contributed by atoms with Crippen molar-refractivity contribution in [2.45, 2.75) is 77.4 Å². The molecule has 1 aliphatic carbocycles. The Morgan fingerprint density at radius 2 is 1.40 bits per heavy atom. The topological polar surface area (TPSA) is 219 Å². The zero-order valence-electron chi connectivity index (χ0n) is 32.9. The number of hydrazine groups is 1. The minimum atomic E-state index is -0.800. The molecular weight excluding hydrogens is 731 g/mol. The first-order valence-electron chi connectivity index (χ1n) is 19.4. The second-order valence-corrected chi connectivity index (χ2v) is 14.3. The summed E-state index contributed by atoms with van der Waals surface area (Å²) in [5.74, 6) is -1.93. The van der Waals surface area contributed by atoms with Gasteiger partial charge < -0.3 is 36.5 Å². The Hall–Kier alpha value is -5.96. The molecule has 0 spiro atoms. The Balaban J connectivity index is 1.19. The molecule has 0 saturated heterocycles. The van der Waals surface area contributed by atoms with E-state index in [0.717, 1.165) is 22.3 Å². The molecule has 306 valence electrons. The fourth-order valence-electron chi connectivity index (χ4n) is 6.76.